The summed E-state index contributed by atoms with van der Waals surface area (Å²) in [6.07, 6.45) is 3.69. The SMILES string of the molecule is CN(C)C1CCN(Cc2occc2C(=O)O)CC1. The van der Waals surface area contributed by atoms with Crippen LogP contribution in [0.25, 0.3) is 0 Å². The van der Waals surface area contributed by atoms with E-state index >= 15 is 0 Å². The lowest BCUT2D eigenvalue weighted by atomic mass is 10.0. The van der Waals surface area contributed by atoms with Crippen LogP contribution in [0, 0.1) is 0 Å². The molecular weight excluding hydrogens is 232 g/mol. The van der Waals surface area contributed by atoms with Crippen LogP contribution < -0.4 is 0 Å². The molecule has 1 aliphatic rings. The van der Waals surface area contributed by atoms with Crippen LogP contribution in [0.4, 0.5) is 0 Å². The molecule has 0 unspecified atom stereocenters. The minimum atomic E-state index is -0.915. The first-order valence-electron chi connectivity index (χ1n) is 6.26. The first-order chi connectivity index (χ1) is 8.58. The second kappa shape index (κ2) is 5.54. The molecule has 1 aliphatic heterocycles. The normalized spacial score (nSPS) is 18.4. The Labute approximate surface area is 107 Å². The molecule has 2 rings (SSSR count). The maximum absolute atomic E-state index is 11.0. The van der Waals surface area contributed by atoms with Crippen LogP contribution >= 0.6 is 0 Å². The Morgan fingerprint density at radius 3 is 2.72 bits per heavy atom. The molecule has 1 fully saturated rings. The highest BCUT2D eigenvalue weighted by molar-refractivity contribution is 5.88. The molecule has 5 heteroatoms. The van der Waals surface area contributed by atoms with Crippen LogP contribution in [-0.4, -0.2) is 54.1 Å². The number of hydrogen-bond donors (Lipinski definition) is 1. The molecule has 1 aromatic rings. The maximum Gasteiger partial charge on any atom is 0.339 e. The lowest BCUT2D eigenvalue weighted by Gasteiger charge is -2.34. The Hall–Kier alpha value is -1.33. The van der Waals surface area contributed by atoms with E-state index in [1.165, 1.54) is 12.3 Å². The van der Waals surface area contributed by atoms with Crippen molar-refractivity contribution in [3.05, 3.63) is 23.7 Å². The molecule has 18 heavy (non-hydrogen) atoms. The fraction of sp³-hybridized carbons (Fsp3) is 0.615. The second-order valence-corrected chi connectivity index (χ2v) is 5.03. The first-order valence-corrected chi connectivity index (χ1v) is 6.26. The summed E-state index contributed by atoms with van der Waals surface area (Å²) >= 11 is 0. The quantitative estimate of drug-likeness (QED) is 0.880. The van der Waals surface area contributed by atoms with Gasteiger partial charge in [-0.25, -0.2) is 4.79 Å². The van der Waals surface area contributed by atoms with Gasteiger partial charge < -0.3 is 14.4 Å². The fourth-order valence-electron chi connectivity index (χ4n) is 2.45. The van der Waals surface area contributed by atoms with E-state index in [9.17, 15) is 4.79 Å². The van der Waals surface area contributed by atoms with Crippen molar-refractivity contribution in [1.29, 1.82) is 0 Å². The number of rotatable bonds is 4. The van der Waals surface area contributed by atoms with Crippen LogP contribution in [-0.2, 0) is 6.54 Å². The summed E-state index contributed by atoms with van der Waals surface area (Å²) in [6, 6.07) is 2.15. The minimum absolute atomic E-state index is 0.282. The molecule has 1 N–H and O–H groups in total. The Morgan fingerprint density at radius 2 is 2.17 bits per heavy atom. The molecule has 2 heterocycles. The minimum Gasteiger partial charge on any atom is -0.478 e. The summed E-state index contributed by atoms with van der Waals surface area (Å²) in [5.74, 6) is -0.354. The molecule has 1 saturated heterocycles. The smallest absolute Gasteiger partial charge is 0.339 e. The standard InChI is InChI=1S/C13H20N2O3/c1-14(2)10-3-6-15(7-4-10)9-12-11(13(16)17)5-8-18-12/h5,8,10H,3-4,6-7,9H2,1-2H3,(H,16,17). The van der Waals surface area contributed by atoms with Crippen molar-refractivity contribution in [2.24, 2.45) is 0 Å². The highest BCUT2D eigenvalue weighted by Crippen LogP contribution is 2.19. The van der Waals surface area contributed by atoms with Gasteiger partial charge >= 0.3 is 5.97 Å². The summed E-state index contributed by atoms with van der Waals surface area (Å²) in [7, 11) is 4.21. The van der Waals surface area contributed by atoms with Gasteiger partial charge in [0.05, 0.1) is 12.8 Å². The van der Waals surface area contributed by atoms with Crippen LogP contribution in [0.2, 0.25) is 0 Å². The Kier molecular flexibility index (Phi) is 4.04. The van der Waals surface area contributed by atoms with E-state index < -0.39 is 5.97 Å². The average Bonchev–Trinajstić information content (AvgIpc) is 2.78. The molecule has 5 nitrogen and oxygen atoms in total. The largest absolute Gasteiger partial charge is 0.478 e. The van der Waals surface area contributed by atoms with Gasteiger partial charge in [0.2, 0.25) is 0 Å². The van der Waals surface area contributed by atoms with Crippen molar-refractivity contribution in [3.8, 4) is 0 Å². The van der Waals surface area contributed by atoms with Gasteiger partial charge in [-0.3, -0.25) is 4.90 Å². The van der Waals surface area contributed by atoms with Gasteiger partial charge in [-0.2, -0.15) is 0 Å². The third-order valence-electron chi connectivity index (χ3n) is 3.63. The van der Waals surface area contributed by atoms with Gasteiger partial charge in [0.15, 0.2) is 0 Å². The number of carboxylic acids is 1. The Morgan fingerprint density at radius 1 is 1.50 bits per heavy atom. The number of nitrogens with zero attached hydrogens (tertiary/aromatic N) is 2. The van der Waals surface area contributed by atoms with E-state index in [0.29, 0.717) is 18.3 Å². The van der Waals surface area contributed by atoms with Crippen LogP contribution in [0.1, 0.15) is 29.0 Å². The highest BCUT2D eigenvalue weighted by Gasteiger charge is 2.23. The molecule has 0 atom stereocenters. The van der Waals surface area contributed by atoms with Gasteiger partial charge in [0.25, 0.3) is 0 Å². The topological polar surface area (TPSA) is 56.9 Å². The third kappa shape index (κ3) is 2.91. The maximum atomic E-state index is 11.0. The van der Waals surface area contributed by atoms with Crippen molar-refractivity contribution in [1.82, 2.24) is 9.80 Å². The van der Waals surface area contributed by atoms with E-state index in [4.69, 9.17) is 9.52 Å². The summed E-state index contributed by atoms with van der Waals surface area (Å²) in [6.45, 7) is 2.57. The second-order valence-electron chi connectivity index (χ2n) is 5.03. The van der Waals surface area contributed by atoms with Crippen LogP contribution in [0.5, 0.6) is 0 Å². The number of hydrogen-bond acceptors (Lipinski definition) is 4. The molecular formula is C13H20N2O3. The number of carboxylic acid groups (broad SMARTS) is 1. The van der Waals surface area contributed by atoms with Gasteiger partial charge in [0.1, 0.15) is 11.3 Å². The predicted molar refractivity (Wildman–Crippen MR) is 67.7 cm³/mol. The molecule has 0 radical (unpaired) electrons. The molecule has 0 bridgehead atoms. The van der Waals surface area contributed by atoms with E-state index in [0.717, 1.165) is 25.9 Å². The molecule has 0 saturated carbocycles. The van der Waals surface area contributed by atoms with Crippen molar-refractivity contribution >= 4 is 5.97 Å². The number of likely N-dealkylation sites (tertiary alicyclic amines) is 1. The van der Waals surface area contributed by atoms with Crippen molar-refractivity contribution in [2.75, 3.05) is 27.2 Å². The van der Waals surface area contributed by atoms with E-state index in [-0.39, 0.29) is 5.56 Å². The number of piperidine rings is 1. The molecule has 0 amide bonds. The highest BCUT2D eigenvalue weighted by atomic mass is 16.4. The monoisotopic (exact) mass is 252 g/mol. The number of carbonyl (C=O) groups is 1. The molecule has 100 valence electrons. The Bertz CT molecular complexity index is 406. The fourth-order valence-corrected chi connectivity index (χ4v) is 2.45. The zero-order valence-corrected chi connectivity index (χ0v) is 10.9. The summed E-state index contributed by atoms with van der Waals surface area (Å²) in [5, 5.41) is 9.01. The van der Waals surface area contributed by atoms with Gasteiger partial charge in [-0.1, -0.05) is 0 Å². The number of aromatic carboxylic acids is 1. The predicted octanol–water partition coefficient (Wildman–Crippen LogP) is 1.50. The average molecular weight is 252 g/mol. The van der Waals surface area contributed by atoms with Gasteiger partial charge in [-0.05, 0) is 33.0 Å². The zero-order valence-electron chi connectivity index (χ0n) is 10.9. The van der Waals surface area contributed by atoms with E-state index in [1.54, 1.807) is 0 Å². The molecule has 1 aromatic heterocycles. The van der Waals surface area contributed by atoms with Gasteiger partial charge in [0, 0.05) is 19.1 Å². The van der Waals surface area contributed by atoms with Crippen molar-refractivity contribution < 1.29 is 14.3 Å². The van der Waals surface area contributed by atoms with Crippen LogP contribution in [0.3, 0.4) is 0 Å². The summed E-state index contributed by atoms with van der Waals surface area (Å²) in [5.41, 5.74) is 0.282. The van der Waals surface area contributed by atoms with E-state index in [1.807, 2.05) is 0 Å². The van der Waals surface area contributed by atoms with E-state index in [2.05, 4.69) is 23.9 Å². The number of furan rings is 1. The van der Waals surface area contributed by atoms with Crippen molar-refractivity contribution in [3.63, 3.8) is 0 Å². The van der Waals surface area contributed by atoms with Crippen molar-refractivity contribution in [2.45, 2.75) is 25.4 Å². The first kappa shape index (κ1) is 13.1. The van der Waals surface area contributed by atoms with Crippen LogP contribution in [0.15, 0.2) is 16.7 Å². The molecule has 0 aromatic carbocycles. The molecule has 0 aliphatic carbocycles. The molecule has 0 spiro atoms. The van der Waals surface area contributed by atoms with Gasteiger partial charge in [-0.15, -0.1) is 0 Å². The lowest BCUT2D eigenvalue weighted by Crippen LogP contribution is -2.41. The summed E-state index contributed by atoms with van der Waals surface area (Å²) < 4.78 is 5.27. The Balaban J connectivity index is 1.91. The lowest BCUT2D eigenvalue weighted by molar-refractivity contribution is 0.0690. The third-order valence-corrected chi connectivity index (χ3v) is 3.63. The summed E-state index contributed by atoms with van der Waals surface area (Å²) in [4.78, 5) is 15.5. The zero-order chi connectivity index (χ0) is 13.1.